The summed E-state index contributed by atoms with van der Waals surface area (Å²) in [6.07, 6.45) is 0. The van der Waals surface area contributed by atoms with E-state index in [1.54, 1.807) is 14.0 Å². The number of halogens is 3. The van der Waals surface area contributed by atoms with Crippen LogP contribution in [0.15, 0.2) is 6.07 Å². The van der Waals surface area contributed by atoms with E-state index in [9.17, 15) is 14.9 Å². The molecule has 0 saturated carbocycles. The Hall–Kier alpha value is -1.02. The summed E-state index contributed by atoms with van der Waals surface area (Å²) in [5, 5.41) is 11.4. The van der Waals surface area contributed by atoms with Crippen LogP contribution in [-0.2, 0) is 18.3 Å². The molecule has 1 aromatic heterocycles. The molecule has 7 nitrogen and oxygen atoms in total. The third-order valence-electron chi connectivity index (χ3n) is 3.80. The number of carbonyl (C=O) groups is 1. The lowest BCUT2D eigenvalue weighted by Crippen LogP contribution is -3.00. The quantitative estimate of drug-likeness (QED) is 0.184. The number of quaternary nitrogens is 1. The number of nitro groups is 1. The molecule has 0 aliphatic heterocycles. The van der Waals surface area contributed by atoms with Crippen molar-refractivity contribution in [3.63, 3.8) is 0 Å². The number of nitrogens with zero attached hydrogens (tertiary/aromatic N) is 3. The molecule has 1 aromatic rings. The highest BCUT2D eigenvalue weighted by atomic mass is 35.5. The highest BCUT2D eigenvalue weighted by molar-refractivity contribution is 6.18. The molecule has 0 atom stereocenters. The van der Waals surface area contributed by atoms with Crippen LogP contribution >= 0.6 is 23.2 Å². The summed E-state index contributed by atoms with van der Waals surface area (Å²) in [5.74, 6) is 0.250. The topological polar surface area (TPSA) is 74.4 Å². The van der Waals surface area contributed by atoms with Crippen molar-refractivity contribution < 1.29 is 31.3 Å². The number of carbonyl (C=O) groups excluding carboxylic acids is 1. The highest BCUT2D eigenvalue weighted by Gasteiger charge is 2.32. The summed E-state index contributed by atoms with van der Waals surface area (Å²) in [6, 6.07) is 1.26. The Balaban J connectivity index is 0.00000529. The Bertz CT molecular complexity index is 572. The van der Waals surface area contributed by atoms with Gasteiger partial charge in [0.2, 0.25) is 0 Å². The van der Waals surface area contributed by atoms with Crippen molar-refractivity contribution in [3.05, 3.63) is 27.6 Å². The number of rotatable bonds is 9. The van der Waals surface area contributed by atoms with E-state index in [0.717, 1.165) is 0 Å². The second-order valence-electron chi connectivity index (χ2n) is 5.50. The molecule has 0 bridgehead atoms. The number of ether oxygens (including phenoxy) is 1. The van der Waals surface area contributed by atoms with Crippen LogP contribution in [0.1, 0.15) is 23.1 Å². The molecule has 0 unspecified atom stereocenters. The Morgan fingerprint density at radius 2 is 1.92 bits per heavy atom. The summed E-state index contributed by atoms with van der Waals surface area (Å²) in [6.45, 7) is 3.48. The lowest BCUT2D eigenvalue weighted by atomic mass is 10.3. The minimum Gasteiger partial charge on any atom is -1.00 e. The van der Waals surface area contributed by atoms with Gasteiger partial charge < -0.3 is 26.2 Å². The van der Waals surface area contributed by atoms with Gasteiger partial charge in [0.15, 0.2) is 5.69 Å². The third-order valence-corrected chi connectivity index (χ3v) is 4.13. The van der Waals surface area contributed by atoms with E-state index >= 15 is 0 Å². The molecule has 0 aliphatic carbocycles. The lowest BCUT2D eigenvalue weighted by molar-refractivity contribution is -0.918. The van der Waals surface area contributed by atoms with E-state index in [1.165, 1.54) is 10.6 Å². The van der Waals surface area contributed by atoms with Crippen molar-refractivity contribution in [1.82, 2.24) is 4.57 Å². The first kappa shape index (κ1) is 23.0. The number of aromatic nitrogens is 1. The molecule has 0 saturated heterocycles. The highest BCUT2D eigenvalue weighted by Crippen LogP contribution is 2.27. The molecule has 1 rings (SSSR count). The Morgan fingerprint density at radius 1 is 1.38 bits per heavy atom. The monoisotopic (exact) mass is 401 g/mol. The molecule has 1 heterocycles. The van der Waals surface area contributed by atoms with Gasteiger partial charge in [0.05, 0.1) is 43.4 Å². The average molecular weight is 403 g/mol. The first-order valence-electron chi connectivity index (χ1n) is 7.25. The molecular weight excluding hydrogens is 381 g/mol. The van der Waals surface area contributed by atoms with Gasteiger partial charge in [-0.05, 0) is 6.92 Å². The van der Waals surface area contributed by atoms with Crippen LogP contribution in [0.3, 0.4) is 0 Å². The zero-order valence-corrected chi connectivity index (χ0v) is 16.2. The fourth-order valence-corrected chi connectivity index (χ4v) is 3.23. The summed E-state index contributed by atoms with van der Waals surface area (Å²) >= 11 is 11.7. The van der Waals surface area contributed by atoms with Gasteiger partial charge in [-0.3, -0.25) is 10.1 Å². The molecule has 24 heavy (non-hydrogen) atoms. The van der Waals surface area contributed by atoms with Gasteiger partial charge in [-0.2, -0.15) is 0 Å². The smallest absolute Gasteiger partial charge is 0.355 e. The molecule has 0 amide bonds. The van der Waals surface area contributed by atoms with Crippen LogP contribution in [0.5, 0.6) is 0 Å². The van der Waals surface area contributed by atoms with Crippen molar-refractivity contribution in [3.8, 4) is 0 Å². The van der Waals surface area contributed by atoms with Crippen LogP contribution in [0, 0.1) is 10.1 Å². The van der Waals surface area contributed by atoms with Crippen LogP contribution in [-0.4, -0.2) is 58.4 Å². The van der Waals surface area contributed by atoms with Crippen molar-refractivity contribution >= 4 is 34.9 Å². The van der Waals surface area contributed by atoms with Crippen molar-refractivity contribution in [1.29, 1.82) is 0 Å². The number of hydrogen-bond acceptors (Lipinski definition) is 4. The first-order valence-corrected chi connectivity index (χ1v) is 8.32. The molecular formula is C14H22Cl3N3O4. The van der Waals surface area contributed by atoms with Crippen molar-refractivity contribution in [2.75, 3.05) is 38.5 Å². The number of hydrogen-bond donors (Lipinski definition) is 0. The Labute approximate surface area is 157 Å². The van der Waals surface area contributed by atoms with Crippen LogP contribution in [0.2, 0.25) is 0 Å². The minimum absolute atomic E-state index is 0. The predicted octanol–water partition coefficient (Wildman–Crippen LogP) is -0.462. The van der Waals surface area contributed by atoms with Crippen LogP contribution in [0.25, 0.3) is 0 Å². The molecule has 0 N–H and O–H groups in total. The minimum atomic E-state index is -0.576. The van der Waals surface area contributed by atoms with E-state index in [0.29, 0.717) is 41.6 Å². The summed E-state index contributed by atoms with van der Waals surface area (Å²) in [5.41, 5.74) is 0.525. The summed E-state index contributed by atoms with van der Waals surface area (Å²) in [4.78, 5) is 22.8. The summed E-state index contributed by atoms with van der Waals surface area (Å²) < 4.78 is 6.93. The molecule has 0 aromatic carbocycles. The number of alkyl halides is 2. The maximum Gasteiger partial charge on any atom is 0.355 e. The SMILES string of the molecule is CCOC(=O)c1cc([N+](=O)[O-])c(C[N+](C)(CCCl)CCCl)n1C.[Cl-]. The molecule has 10 heteroatoms. The van der Waals surface area contributed by atoms with Crippen molar-refractivity contribution in [2.24, 2.45) is 7.05 Å². The van der Waals surface area contributed by atoms with Gasteiger partial charge in [-0.15, -0.1) is 23.2 Å². The van der Waals surface area contributed by atoms with Crippen LogP contribution in [0.4, 0.5) is 5.69 Å². The maximum absolute atomic E-state index is 12.0. The van der Waals surface area contributed by atoms with E-state index in [4.69, 9.17) is 27.9 Å². The average Bonchev–Trinajstić information content (AvgIpc) is 2.77. The second kappa shape index (κ2) is 10.1. The lowest BCUT2D eigenvalue weighted by Gasteiger charge is -2.33. The summed E-state index contributed by atoms with van der Waals surface area (Å²) in [7, 11) is 3.56. The van der Waals surface area contributed by atoms with Gasteiger partial charge in [0.1, 0.15) is 12.2 Å². The maximum atomic E-state index is 12.0. The predicted molar refractivity (Wildman–Crippen MR) is 89.1 cm³/mol. The van der Waals surface area contributed by atoms with E-state index in [-0.39, 0.29) is 30.4 Å². The van der Waals surface area contributed by atoms with Gasteiger partial charge >= 0.3 is 5.97 Å². The standard InChI is InChI=1S/C14H22Cl2N3O4.ClH/c1-4-23-14(20)12-9-11(18(21)22)13(17(12)2)10-19(3,7-5-15)8-6-16;/h9H,4-8,10H2,1-3H3;1H/q+1;/p-1. The molecule has 0 spiro atoms. The first-order chi connectivity index (χ1) is 10.8. The van der Waals surface area contributed by atoms with E-state index in [1.807, 2.05) is 7.05 Å². The Morgan fingerprint density at radius 3 is 2.33 bits per heavy atom. The zero-order valence-electron chi connectivity index (χ0n) is 13.9. The largest absolute Gasteiger partial charge is 1.00 e. The van der Waals surface area contributed by atoms with Gasteiger partial charge in [-0.25, -0.2) is 4.79 Å². The van der Waals surface area contributed by atoms with E-state index in [2.05, 4.69) is 0 Å². The third kappa shape index (κ3) is 5.51. The van der Waals surface area contributed by atoms with Gasteiger partial charge in [0.25, 0.3) is 5.69 Å². The second-order valence-corrected chi connectivity index (χ2v) is 6.26. The molecule has 0 radical (unpaired) electrons. The van der Waals surface area contributed by atoms with Crippen LogP contribution < -0.4 is 12.4 Å². The van der Waals surface area contributed by atoms with Gasteiger partial charge in [0, 0.05) is 13.1 Å². The fraction of sp³-hybridized carbons (Fsp3) is 0.643. The fourth-order valence-electron chi connectivity index (χ4n) is 2.41. The number of esters is 1. The van der Waals surface area contributed by atoms with E-state index < -0.39 is 10.9 Å². The normalized spacial score (nSPS) is 11.0. The molecule has 138 valence electrons. The zero-order chi connectivity index (χ0) is 17.6. The van der Waals surface area contributed by atoms with Gasteiger partial charge in [-0.1, -0.05) is 0 Å². The Kier molecular flexibility index (Phi) is 9.65. The molecule has 0 fully saturated rings. The van der Waals surface area contributed by atoms with Crippen molar-refractivity contribution in [2.45, 2.75) is 13.5 Å². The molecule has 0 aliphatic rings.